The van der Waals surface area contributed by atoms with Gasteiger partial charge in [-0.3, -0.25) is 4.98 Å². The zero-order chi connectivity index (χ0) is 15.0. The number of halogens is 1. The van der Waals surface area contributed by atoms with E-state index in [-0.39, 0.29) is 5.57 Å². The second-order valence-corrected chi connectivity index (χ2v) is 5.28. The van der Waals surface area contributed by atoms with Gasteiger partial charge in [0, 0.05) is 23.7 Å². The van der Waals surface area contributed by atoms with Crippen LogP contribution in [0.1, 0.15) is 18.2 Å². The number of aromatic nitrogens is 1. The topological polar surface area (TPSA) is 59.4 Å². The Morgan fingerprint density at radius 2 is 1.90 bits per heavy atom. The Hall–Kier alpha value is -2.17. The lowest BCUT2D eigenvalue weighted by atomic mass is 9.94. The number of ether oxygens (including phenoxy) is 1. The molecule has 1 aromatic carbocycles. The van der Waals surface area contributed by atoms with Crippen LogP contribution in [0.15, 0.2) is 48.7 Å². The van der Waals surface area contributed by atoms with E-state index < -0.39 is 11.8 Å². The van der Waals surface area contributed by atoms with Crippen molar-refractivity contribution in [2.75, 3.05) is 0 Å². The van der Waals surface area contributed by atoms with Crippen LogP contribution in [-0.4, -0.2) is 21.8 Å². The van der Waals surface area contributed by atoms with Crippen molar-refractivity contribution in [3.8, 4) is 0 Å². The quantitative estimate of drug-likeness (QED) is 0.867. The Morgan fingerprint density at radius 1 is 1.19 bits per heavy atom. The molecule has 0 bridgehead atoms. The van der Waals surface area contributed by atoms with E-state index in [0.29, 0.717) is 21.9 Å². The predicted molar refractivity (Wildman–Crippen MR) is 79.2 cm³/mol. The zero-order valence-corrected chi connectivity index (χ0v) is 12.0. The lowest BCUT2D eigenvalue weighted by Crippen LogP contribution is -2.26. The monoisotopic (exact) mass is 301 g/mol. The molecule has 0 amide bonds. The van der Waals surface area contributed by atoms with Crippen molar-refractivity contribution in [2.24, 2.45) is 0 Å². The van der Waals surface area contributed by atoms with E-state index >= 15 is 0 Å². The molecule has 0 fully saturated rings. The van der Waals surface area contributed by atoms with Gasteiger partial charge in [-0.25, -0.2) is 4.79 Å². The van der Waals surface area contributed by atoms with Crippen LogP contribution in [0.25, 0.3) is 11.1 Å². The number of rotatable bonds is 2. The number of nitrogens with zero attached hydrogens (tertiary/aromatic N) is 1. The van der Waals surface area contributed by atoms with Gasteiger partial charge in [0.25, 0.3) is 0 Å². The van der Waals surface area contributed by atoms with Gasteiger partial charge in [-0.2, -0.15) is 0 Å². The summed E-state index contributed by atoms with van der Waals surface area (Å²) in [5, 5.41) is 11.0. The number of carbonyl (C=O) groups is 1. The van der Waals surface area contributed by atoms with Crippen LogP contribution in [0.4, 0.5) is 0 Å². The molecule has 0 radical (unpaired) electrons. The fraction of sp³-hybridized carbons (Fsp3) is 0.125. The van der Waals surface area contributed by atoms with Crippen LogP contribution in [0.3, 0.4) is 0 Å². The molecule has 1 aliphatic rings. The molecule has 5 heteroatoms. The lowest BCUT2D eigenvalue weighted by Gasteiger charge is -2.19. The number of cyclic esters (lactones) is 1. The van der Waals surface area contributed by atoms with Gasteiger partial charge in [-0.1, -0.05) is 29.8 Å². The number of carbonyl (C=O) groups excluding carboxylic acids is 1. The molecule has 1 unspecified atom stereocenters. The molecule has 0 saturated heterocycles. The minimum atomic E-state index is -1.70. The summed E-state index contributed by atoms with van der Waals surface area (Å²) >= 11 is 5.88. The number of pyridine rings is 1. The summed E-state index contributed by atoms with van der Waals surface area (Å²) < 4.78 is 5.08. The molecule has 1 N–H and O–H groups in total. The van der Waals surface area contributed by atoms with Gasteiger partial charge in [-0.05, 0) is 29.8 Å². The summed E-state index contributed by atoms with van der Waals surface area (Å²) in [5.41, 5.74) is 1.78. The molecule has 21 heavy (non-hydrogen) atoms. The minimum Gasteiger partial charge on any atom is -0.425 e. The highest BCUT2D eigenvalue weighted by atomic mass is 35.5. The third-order valence-corrected chi connectivity index (χ3v) is 3.52. The molecule has 106 valence electrons. The lowest BCUT2D eigenvalue weighted by molar-refractivity contribution is -0.169. The van der Waals surface area contributed by atoms with Crippen molar-refractivity contribution in [3.05, 3.63) is 64.9 Å². The van der Waals surface area contributed by atoms with Crippen molar-refractivity contribution in [1.82, 2.24) is 4.98 Å². The average Bonchev–Trinajstić information content (AvgIpc) is 2.70. The highest BCUT2D eigenvalue weighted by molar-refractivity contribution is 6.31. The van der Waals surface area contributed by atoms with Gasteiger partial charge in [-0.15, -0.1) is 0 Å². The number of esters is 1. The van der Waals surface area contributed by atoms with E-state index in [1.807, 2.05) is 0 Å². The highest BCUT2D eigenvalue weighted by Crippen LogP contribution is 2.42. The maximum Gasteiger partial charge on any atom is 0.343 e. The van der Waals surface area contributed by atoms with Crippen molar-refractivity contribution < 1.29 is 14.6 Å². The molecule has 2 aromatic rings. The van der Waals surface area contributed by atoms with Crippen LogP contribution in [-0.2, 0) is 9.53 Å². The SMILES string of the molecule is CC1(O)OC(=O)C(c2ccccn2)=C1c1ccc(Cl)cc1. The Morgan fingerprint density at radius 3 is 2.52 bits per heavy atom. The maximum atomic E-state index is 12.1. The summed E-state index contributed by atoms with van der Waals surface area (Å²) in [6.45, 7) is 1.44. The first-order valence-corrected chi connectivity index (χ1v) is 6.74. The van der Waals surface area contributed by atoms with Gasteiger partial charge in [0.05, 0.1) is 11.3 Å². The molecule has 2 heterocycles. The first-order valence-electron chi connectivity index (χ1n) is 6.37. The van der Waals surface area contributed by atoms with Gasteiger partial charge >= 0.3 is 5.97 Å². The number of hydrogen-bond acceptors (Lipinski definition) is 4. The van der Waals surface area contributed by atoms with E-state index in [1.54, 1.807) is 48.7 Å². The molecule has 3 rings (SSSR count). The van der Waals surface area contributed by atoms with Crippen molar-refractivity contribution in [1.29, 1.82) is 0 Å². The first kappa shape index (κ1) is 13.8. The molecule has 0 aliphatic carbocycles. The fourth-order valence-electron chi connectivity index (χ4n) is 2.39. The van der Waals surface area contributed by atoms with Crippen molar-refractivity contribution in [2.45, 2.75) is 12.7 Å². The standard InChI is InChI=1S/C16H12ClNO3/c1-16(20)14(10-5-7-11(17)8-6-10)13(15(19)21-16)12-4-2-3-9-18-12/h2-9,20H,1H3. The van der Waals surface area contributed by atoms with Crippen LogP contribution >= 0.6 is 11.6 Å². The van der Waals surface area contributed by atoms with Crippen molar-refractivity contribution >= 4 is 28.7 Å². The highest BCUT2D eigenvalue weighted by Gasteiger charge is 2.44. The van der Waals surface area contributed by atoms with E-state index in [2.05, 4.69) is 4.98 Å². The van der Waals surface area contributed by atoms with Gasteiger partial charge in [0.15, 0.2) is 0 Å². The minimum absolute atomic E-state index is 0.267. The predicted octanol–water partition coefficient (Wildman–Crippen LogP) is 2.91. The normalized spacial score (nSPS) is 21.6. The molecule has 0 spiro atoms. The molecular weight excluding hydrogens is 290 g/mol. The van der Waals surface area contributed by atoms with E-state index in [0.717, 1.165) is 0 Å². The van der Waals surface area contributed by atoms with Crippen LogP contribution in [0, 0.1) is 0 Å². The van der Waals surface area contributed by atoms with Gasteiger partial charge < -0.3 is 9.84 Å². The Kier molecular flexibility index (Phi) is 3.27. The largest absolute Gasteiger partial charge is 0.425 e. The molecule has 4 nitrogen and oxygen atoms in total. The maximum absolute atomic E-state index is 12.1. The molecule has 1 aromatic heterocycles. The second kappa shape index (κ2) is 4.98. The van der Waals surface area contributed by atoms with Gasteiger partial charge in [0.1, 0.15) is 0 Å². The van der Waals surface area contributed by atoms with E-state index in [9.17, 15) is 9.90 Å². The average molecular weight is 302 g/mol. The van der Waals surface area contributed by atoms with E-state index in [4.69, 9.17) is 16.3 Å². The van der Waals surface area contributed by atoms with E-state index in [1.165, 1.54) is 6.92 Å². The van der Waals surface area contributed by atoms with Gasteiger partial charge in [0.2, 0.25) is 5.79 Å². The summed E-state index contributed by atoms with van der Waals surface area (Å²) in [6.07, 6.45) is 1.59. The Bertz CT molecular complexity index is 721. The molecular formula is C16H12ClNO3. The molecule has 1 atom stereocenters. The molecule has 1 aliphatic heterocycles. The van der Waals surface area contributed by atoms with Crippen molar-refractivity contribution in [3.63, 3.8) is 0 Å². The number of aliphatic hydroxyl groups is 1. The first-order chi connectivity index (χ1) is 9.99. The third-order valence-electron chi connectivity index (χ3n) is 3.26. The number of hydrogen-bond donors (Lipinski definition) is 1. The fourth-order valence-corrected chi connectivity index (χ4v) is 2.51. The van der Waals surface area contributed by atoms with Crippen LogP contribution in [0.5, 0.6) is 0 Å². The zero-order valence-electron chi connectivity index (χ0n) is 11.2. The summed E-state index contributed by atoms with van der Waals surface area (Å²) in [4.78, 5) is 16.3. The second-order valence-electron chi connectivity index (χ2n) is 4.84. The summed E-state index contributed by atoms with van der Waals surface area (Å²) in [6, 6.07) is 12.1. The van der Waals surface area contributed by atoms with Crippen LogP contribution in [0.2, 0.25) is 5.02 Å². The van der Waals surface area contributed by atoms with Crippen LogP contribution < -0.4 is 0 Å². The Balaban J connectivity index is 2.25. The smallest absolute Gasteiger partial charge is 0.343 e. The Labute approximate surface area is 126 Å². The third kappa shape index (κ3) is 2.44. The molecule has 0 saturated carbocycles. The number of benzene rings is 1. The summed E-state index contributed by atoms with van der Waals surface area (Å²) in [5.74, 6) is -2.29. The summed E-state index contributed by atoms with van der Waals surface area (Å²) in [7, 11) is 0.